The number of nitrogens with zero attached hydrogens (tertiary/aromatic N) is 2. The molecule has 1 N–H and O–H groups in total. The third kappa shape index (κ3) is 6.94. The third-order valence-electron chi connectivity index (χ3n) is 4.77. The zero-order valence-electron chi connectivity index (χ0n) is 16.5. The van der Waals surface area contributed by atoms with Crippen LogP contribution in [0.5, 0.6) is 5.88 Å². The molecule has 1 amide bonds. The number of aromatic nitrogens is 1. The molecule has 0 bridgehead atoms. The van der Waals surface area contributed by atoms with Gasteiger partial charge in [0.2, 0.25) is 11.8 Å². The van der Waals surface area contributed by atoms with Crippen LogP contribution in [-0.4, -0.2) is 55.2 Å². The van der Waals surface area contributed by atoms with Gasteiger partial charge >= 0.3 is 0 Å². The average Bonchev–Trinajstić information content (AvgIpc) is 2.72. The smallest absolute Gasteiger partial charge is 0.224 e. The van der Waals surface area contributed by atoms with Gasteiger partial charge in [0.25, 0.3) is 0 Å². The fourth-order valence-corrected chi connectivity index (χ4v) is 3.08. The molecule has 6 nitrogen and oxygen atoms in total. The van der Waals surface area contributed by atoms with Crippen molar-refractivity contribution in [2.24, 2.45) is 0 Å². The normalized spacial score (nSPS) is 14.6. The van der Waals surface area contributed by atoms with E-state index < -0.39 is 0 Å². The van der Waals surface area contributed by atoms with Crippen LogP contribution in [-0.2, 0) is 16.0 Å². The van der Waals surface area contributed by atoms with Crippen LogP contribution in [0.3, 0.4) is 0 Å². The van der Waals surface area contributed by atoms with Crippen molar-refractivity contribution in [1.82, 2.24) is 9.88 Å². The van der Waals surface area contributed by atoms with Gasteiger partial charge in [0.05, 0.1) is 25.1 Å². The molecule has 28 heavy (non-hydrogen) atoms. The predicted molar refractivity (Wildman–Crippen MR) is 110 cm³/mol. The highest BCUT2D eigenvalue weighted by Gasteiger charge is 2.10. The van der Waals surface area contributed by atoms with Crippen molar-refractivity contribution in [3.63, 3.8) is 0 Å². The molecule has 2 heterocycles. The molecule has 2 aromatic rings. The minimum atomic E-state index is 0.00916. The van der Waals surface area contributed by atoms with Crippen LogP contribution >= 0.6 is 0 Å². The Hall–Kier alpha value is -2.44. The summed E-state index contributed by atoms with van der Waals surface area (Å²) >= 11 is 0. The highest BCUT2D eigenvalue weighted by molar-refractivity contribution is 5.90. The number of amides is 1. The maximum Gasteiger partial charge on any atom is 0.224 e. The highest BCUT2D eigenvalue weighted by atomic mass is 16.5. The lowest BCUT2D eigenvalue weighted by molar-refractivity contribution is -0.116. The minimum Gasteiger partial charge on any atom is -0.476 e. The van der Waals surface area contributed by atoms with Gasteiger partial charge < -0.3 is 14.8 Å². The number of carbonyl (C=O) groups is 1. The summed E-state index contributed by atoms with van der Waals surface area (Å²) in [4.78, 5) is 18.7. The molecule has 0 aliphatic carbocycles. The Bertz CT molecular complexity index is 726. The minimum absolute atomic E-state index is 0.00916. The summed E-state index contributed by atoms with van der Waals surface area (Å²) in [5.74, 6) is 0.584. The molecular formula is C22H29N3O3. The number of nitrogens with one attached hydrogen (secondary N) is 1. The number of pyridine rings is 1. The molecule has 1 aliphatic rings. The van der Waals surface area contributed by atoms with Crippen molar-refractivity contribution in [1.29, 1.82) is 0 Å². The Morgan fingerprint density at radius 3 is 2.68 bits per heavy atom. The molecule has 1 aromatic carbocycles. The summed E-state index contributed by atoms with van der Waals surface area (Å²) < 4.78 is 11.0. The van der Waals surface area contributed by atoms with Gasteiger partial charge in [-0.25, -0.2) is 4.98 Å². The zero-order chi connectivity index (χ0) is 19.6. The fraction of sp³-hybridized carbons (Fsp3) is 0.455. The largest absolute Gasteiger partial charge is 0.476 e. The second-order valence-corrected chi connectivity index (χ2v) is 7.07. The first-order valence-electron chi connectivity index (χ1n) is 9.93. The van der Waals surface area contributed by atoms with E-state index in [1.807, 2.05) is 6.07 Å². The topological polar surface area (TPSA) is 63.7 Å². The van der Waals surface area contributed by atoms with Gasteiger partial charge in [0.15, 0.2) is 0 Å². The quantitative estimate of drug-likeness (QED) is 0.721. The molecule has 6 heteroatoms. The molecule has 1 fully saturated rings. The standard InChI is InChI=1S/C22H29N3O3/c1-18-5-7-19(8-6-18)3-2-4-21(26)24-20-9-10-22(23-17-20)28-16-13-25-11-14-27-15-12-25/h5-10,17H,2-4,11-16H2,1H3,(H,24,26). The monoisotopic (exact) mass is 383 g/mol. The molecule has 1 aliphatic heterocycles. The maximum atomic E-state index is 12.1. The van der Waals surface area contributed by atoms with Crippen molar-refractivity contribution < 1.29 is 14.3 Å². The van der Waals surface area contributed by atoms with Crippen LogP contribution in [0.2, 0.25) is 0 Å². The van der Waals surface area contributed by atoms with Gasteiger partial charge in [-0.05, 0) is 31.4 Å². The number of hydrogen-bond donors (Lipinski definition) is 1. The van der Waals surface area contributed by atoms with E-state index >= 15 is 0 Å². The van der Waals surface area contributed by atoms with Crippen molar-refractivity contribution in [2.75, 3.05) is 44.8 Å². The van der Waals surface area contributed by atoms with Crippen LogP contribution < -0.4 is 10.1 Å². The second-order valence-electron chi connectivity index (χ2n) is 7.07. The molecule has 3 rings (SSSR count). The SMILES string of the molecule is Cc1ccc(CCCC(=O)Nc2ccc(OCCN3CCOCC3)nc2)cc1. The lowest BCUT2D eigenvalue weighted by Gasteiger charge is -2.26. The van der Waals surface area contributed by atoms with Crippen LogP contribution in [0.1, 0.15) is 24.0 Å². The van der Waals surface area contributed by atoms with Crippen LogP contribution in [0, 0.1) is 6.92 Å². The van der Waals surface area contributed by atoms with Gasteiger partial charge in [0.1, 0.15) is 6.61 Å². The van der Waals surface area contributed by atoms with E-state index in [4.69, 9.17) is 9.47 Å². The summed E-state index contributed by atoms with van der Waals surface area (Å²) in [6.07, 6.45) is 3.86. The Labute approximate surface area is 166 Å². The van der Waals surface area contributed by atoms with Gasteiger partial charge in [-0.15, -0.1) is 0 Å². The molecule has 1 aromatic heterocycles. The lowest BCUT2D eigenvalue weighted by atomic mass is 10.1. The van der Waals surface area contributed by atoms with Crippen LogP contribution in [0.25, 0.3) is 0 Å². The van der Waals surface area contributed by atoms with E-state index in [1.54, 1.807) is 12.3 Å². The number of anilines is 1. The number of benzene rings is 1. The van der Waals surface area contributed by atoms with E-state index in [9.17, 15) is 4.79 Å². The Balaban J connectivity index is 1.33. The van der Waals surface area contributed by atoms with Crippen molar-refractivity contribution in [2.45, 2.75) is 26.2 Å². The van der Waals surface area contributed by atoms with Crippen molar-refractivity contribution in [3.8, 4) is 5.88 Å². The zero-order valence-corrected chi connectivity index (χ0v) is 16.5. The summed E-state index contributed by atoms with van der Waals surface area (Å²) in [7, 11) is 0. The number of morpholine rings is 1. The molecule has 0 unspecified atom stereocenters. The van der Waals surface area contributed by atoms with E-state index in [0.717, 1.165) is 45.7 Å². The van der Waals surface area contributed by atoms with Gasteiger partial charge in [0, 0.05) is 32.1 Å². The van der Waals surface area contributed by atoms with Crippen molar-refractivity contribution >= 4 is 11.6 Å². The number of hydrogen-bond acceptors (Lipinski definition) is 5. The van der Waals surface area contributed by atoms with Gasteiger partial charge in [-0.1, -0.05) is 29.8 Å². The average molecular weight is 383 g/mol. The Kier molecular flexibility index (Phi) is 7.82. The highest BCUT2D eigenvalue weighted by Crippen LogP contribution is 2.13. The molecule has 0 atom stereocenters. The second kappa shape index (κ2) is 10.8. The van der Waals surface area contributed by atoms with Gasteiger partial charge in [-0.2, -0.15) is 0 Å². The molecule has 150 valence electrons. The Morgan fingerprint density at radius 2 is 1.96 bits per heavy atom. The van der Waals surface area contributed by atoms with E-state index in [1.165, 1.54) is 11.1 Å². The van der Waals surface area contributed by atoms with E-state index in [2.05, 4.69) is 46.4 Å². The van der Waals surface area contributed by atoms with E-state index in [0.29, 0.717) is 24.6 Å². The van der Waals surface area contributed by atoms with Gasteiger partial charge in [-0.3, -0.25) is 9.69 Å². The summed E-state index contributed by atoms with van der Waals surface area (Å²) in [6, 6.07) is 12.1. The summed E-state index contributed by atoms with van der Waals surface area (Å²) in [5.41, 5.74) is 3.21. The molecule has 0 saturated carbocycles. The molecule has 0 spiro atoms. The van der Waals surface area contributed by atoms with Crippen LogP contribution in [0.4, 0.5) is 5.69 Å². The first-order chi connectivity index (χ1) is 13.7. The first-order valence-corrected chi connectivity index (χ1v) is 9.93. The summed E-state index contributed by atoms with van der Waals surface area (Å²) in [5, 5.41) is 2.89. The van der Waals surface area contributed by atoms with Crippen molar-refractivity contribution in [3.05, 3.63) is 53.7 Å². The van der Waals surface area contributed by atoms with Crippen LogP contribution in [0.15, 0.2) is 42.6 Å². The number of ether oxygens (including phenoxy) is 2. The fourth-order valence-electron chi connectivity index (χ4n) is 3.08. The number of rotatable bonds is 9. The summed E-state index contributed by atoms with van der Waals surface area (Å²) in [6.45, 7) is 7.01. The first kappa shape index (κ1) is 20.3. The maximum absolute atomic E-state index is 12.1. The van der Waals surface area contributed by atoms with E-state index in [-0.39, 0.29) is 5.91 Å². The predicted octanol–water partition coefficient (Wildman–Crippen LogP) is 3.06. The number of aryl methyl sites for hydroxylation is 2. The molecule has 1 saturated heterocycles. The lowest BCUT2D eigenvalue weighted by Crippen LogP contribution is -2.38. The Morgan fingerprint density at radius 1 is 1.18 bits per heavy atom. The number of carbonyl (C=O) groups excluding carboxylic acids is 1. The molecular weight excluding hydrogens is 354 g/mol. The molecule has 0 radical (unpaired) electrons. The third-order valence-corrected chi connectivity index (χ3v) is 4.77.